The predicted molar refractivity (Wildman–Crippen MR) is 121 cm³/mol. The second kappa shape index (κ2) is 6.96. The summed E-state index contributed by atoms with van der Waals surface area (Å²) in [6.07, 6.45) is 6.52. The molecular weight excluding hydrogens is 384 g/mol. The second-order valence-corrected chi connectivity index (χ2v) is 8.36. The van der Waals surface area contributed by atoms with Crippen LogP contribution in [0, 0.1) is 0 Å². The quantitative estimate of drug-likeness (QED) is 0.519. The summed E-state index contributed by atoms with van der Waals surface area (Å²) in [5.74, 6) is 0.0611. The van der Waals surface area contributed by atoms with Crippen molar-refractivity contribution in [2.45, 2.75) is 18.9 Å². The molecule has 4 nitrogen and oxygen atoms in total. The third-order valence-corrected chi connectivity index (χ3v) is 6.69. The van der Waals surface area contributed by atoms with Crippen LogP contribution in [0.3, 0.4) is 0 Å². The van der Waals surface area contributed by atoms with Crippen molar-refractivity contribution < 1.29 is 14.0 Å². The number of quaternary nitrogens is 1. The van der Waals surface area contributed by atoms with E-state index < -0.39 is 0 Å². The Balaban J connectivity index is 1.31. The number of nitrogens with zero attached hydrogens (tertiary/aromatic N) is 1. The first kappa shape index (κ1) is 18.2. The van der Waals surface area contributed by atoms with Crippen molar-refractivity contribution in [2.75, 3.05) is 11.9 Å². The van der Waals surface area contributed by atoms with Gasteiger partial charge in [-0.3, -0.25) is 0 Å². The van der Waals surface area contributed by atoms with Gasteiger partial charge in [-0.1, -0.05) is 66.7 Å². The number of nitrogens with one attached hydrogen (secondary N) is 1. The number of fused-ring (bicyclic) bond motifs is 5. The smallest absolute Gasteiger partial charge is 0.418 e. The minimum Gasteiger partial charge on any atom is -0.418 e. The summed E-state index contributed by atoms with van der Waals surface area (Å²) in [5, 5.41) is 3.37. The van der Waals surface area contributed by atoms with Crippen LogP contribution in [-0.2, 0) is 11.3 Å². The molecule has 0 spiro atoms. The molecule has 31 heavy (non-hydrogen) atoms. The molecule has 1 unspecified atom stereocenters. The van der Waals surface area contributed by atoms with Crippen molar-refractivity contribution in [1.29, 1.82) is 0 Å². The molecule has 4 heteroatoms. The molecule has 2 aliphatic heterocycles. The number of rotatable bonds is 2. The summed E-state index contributed by atoms with van der Waals surface area (Å²) in [5.41, 5.74) is 8.09. The normalized spacial score (nSPS) is 20.6. The number of para-hydroxylation sites is 1. The summed E-state index contributed by atoms with van der Waals surface area (Å²) in [4.78, 5) is 13.6. The zero-order valence-corrected chi connectivity index (χ0v) is 17.1. The molecule has 1 aliphatic carbocycles. The maximum atomic E-state index is 13.6. The lowest BCUT2D eigenvalue weighted by Crippen LogP contribution is -2.45. The first-order chi connectivity index (χ1) is 15.3. The van der Waals surface area contributed by atoms with E-state index in [-0.39, 0.29) is 16.5 Å². The lowest BCUT2D eigenvalue weighted by atomic mass is 9.98. The zero-order valence-electron chi connectivity index (χ0n) is 17.1. The van der Waals surface area contributed by atoms with Gasteiger partial charge in [0.25, 0.3) is 0 Å². The Morgan fingerprint density at radius 3 is 2.39 bits per heavy atom. The van der Waals surface area contributed by atoms with Crippen molar-refractivity contribution >= 4 is 11.8 Å². The van der Waals surface area contributed by atoms with Crippen molar-refractivity contribution in [3.05, 3.63) is 114 Å². The largest absolute Gasteiger partial charge is 0.526 e. The van der Waals surface area contributed by atoms with E-state index in [1.807, 2.05) is 30.6 Å². The van der Waals surface area contributed by atoms with Gasteiger partial charge in [-0.2, -0.15) is 9.28 Å². The minimum absolute atomic E-state index is 0.0611. The Labute approximate surface area is 181 Å². The highest BCUT2D eigenvalue weighted by Crippen LogP contribution is 2.45. The number of hydrogen-bond acceptors (Lipinski definition) is 3. The van der Waals surface area contributed by atoms with Crippen LogP contribution < -0.4 is 5.32 Å². The van der Waals surface area contributed by atoms with E-state index in [4.69, 9.17) is 4.74 Å². The average Bonchev–Trinajstić information content (AvgIpc) is 3.32. The Hall–Kier alpha value is -3.63. The van der Waals surface area contributed by atoms with Crippen LogP contribution in [0.2, 0.25) is 0 Å². The highest BCUT2D eigenvalue weighted by molar-refractivity contribution is 5.79. The number of anilines is 1. The van der Waals surface area contributed by atoms with Gasteiger partial charge >= 0.3 is 6.09 Å². The van der Waals surface area contributed by atoms with Gasteiger partial charge in [0.05, 0.1) is 6.20 Å². The molecule has 0 radical (unpaired) electrons. The number of allylic oxidation sites excluding steroid dienone is 1. The molecule has 6 rings (SSSR count). The van der Waals surface area contributed by atoms with Gasteiger partial charge < -0.3 is 10.1 Å². The van der Waals surface area contributed by atoms with Crippen LogP contribution in [0.4, 0.5) is 10.5 Å². The summed E-state index contributed by atoms with van der Waals surface area (Å²) in [6, 6.07) is 25.0. The molecule has 3 aromatic rings. The fraction of sp³-hybridized carbons (Fsp3) is 0.148. The Kier molecular flexibility index (Phi) is 4.08. The van der Waals surface area contributed by atoms with Crippen LogP contribution in [0.1, 0.15) is 29.0 Å². The number of carbonyl (C=O) groups is 1. The van der Waals surface area contributed by atoms with Gasteiger partial charge in [0.2, 0.25) is 0 Å². The fourth-order valence-corrected chi connectivity index (χ4v) is 5.12. The third kappa shape index (κ3) is 2.76. The standard InChI is InChI=1S/C27H23N2O2/c30-27(29-15-7-9-20(29)16-28-26-14-6-1-8-19(26)17-29)31-18-25-23-12-4-2-10-21(23)22-11-3-5-13-24(22)25/h1-8,10-16,25,28H,9,17-18H2/q+1. The first-order valence-electron chi connectivity index (χ1n) is 10.7. The molecule has 0 saturated heterocycles. The van der Waals surface area contributed by atoms with Crippen molar-refractivity contribution in [3.63, 3.8) is 0 Å². The zero-order chi connectivity index (χ0) is 20.8. The Morgan fingerprint density at radius 2 is 1.61 bits per heavy atom. The topological polar surface area (TPSA) is 38.3 Å². The van der Waals surface area contributed by atoms with E-state index in [1.54, 1.807) is 0 Å². The minimum atomic E-state index is -0.222. The SMILES string of the molecule is O=C(OCC1c2ccccc2-c2ccccc21)[N+]12C=CCC1=CNc1ccccc1C2. The van der Waals surface area contributed by atoms with E-state index >= 15 is 0 Å². The number of benzene rings is 3. The molecule has 1 N–H and O–H groups in total. The monoisotopic (exact) mass is 407 g/mol. The molecule has 0 bridgehead atoms. The van der Waals surface area contributed by atoms with Gasteiger partial charge in [0.1, 0.15) is 25.0 Å². The van der Waals surface area contributed by atoms with E-state index in [0.29, 0.717) is 13.2 Å². The van der Waals surface area contributed by atoms with Crippen molar-refractivity contribution in [3.8, 4) is 11.1 Å². The van der Waals surface area contributed by atoms with Gasteiger partial charge in [0, 0.05) is 23.6 Å². The molecule has 0 aromatic heterocycles. The van der Waals surface area contributed by atoms with Gasteiger partial charge in [-0.25, -0.2) is 0 Å². The number of carbonyl (C=O) groups excluding carboxylic acids is 1. The van der Waals surface area contributed by atoms with Crippen molar-refractivity contribution in [2.24, 2.45) is 0 Å². The Morgan fingerprint density at radius 1 is 0.935 bits per heavy atom. The average molecular weight is 407 g/mol. The summed E-state index contributed by atoms with van der Waals surface area (Å²) in [7, 11) is 0. The molecule has 3 aromatic carbocycles. The fourth-order valence-electron chi connectivity index (χ4n) is 5.12. The molecular formula is C27H23N2O2+. The first-order valence-corrected chi connectivity index (χ1v) is 10.7. The lowest BCUT2D eigenvalue weighted by Gasteiger charge is -2.28. The van der Waals surface area contributed by atoms with Gasteiger partial charge in [-0.05, 0) is 34.4 Å². The van der Waals surface area contributed by atoms with Gasteiger partial charge in [0.15, 0.2) is 0 Å². The molecule has 1 atom stereocenters. The maximum Gasteiger partial charge on any atom is 0.526 e. The Bertz CT molecular complexity index is 1210. The second-order valence-electron chi connectivity index (χ2n) is 8.36. The highest BCUT2D eigenvalue weighted by Gasteiger charge is 2.46. The van der Waals surface area contributed by atoms with Crippen LogP contribution in [0.5, 0.6) is 0 Å². The molecule has 2 heterocycles. The van der Waals surface area contributed by atoms with Crippen LogP contribution in [-0.4, -0.2) is 17.2 Å². The van der Waals surface area contributed by atoms with Gasteiger partial charge in [-0.15, -0.1) is 0 Å². The third-order valence-electron chi connectivity index (χ3n) is 6.69. The predicted octanol–water partition coefficient (Wildman–Crippen LogP) is 6.14. The van der Waals surface area contributed by atoms with Crippen LogP contribution in [0.15, 0.2) is 97.0 Å². The number of amides is 1. The molecule has 0 fully saturated rings. The highest BCUT2D eigenvalue weighted by atomic mass is 16.6. The van der Waals surface area contributed by atoms with Crippen LogP contribution in [0.25, 0.3) is 11.1 Å². The molecule has 3 aliphatic rings. The van der Waals surface area contributed by atoms with E-state index in [2.05, 4.69) is 66.0 Å². The summed E-state index contributed by atoms with van der Waals surface area (Å²) >= 11 is 0. The summed E-state index contributed by atoms with van der Waals surface area (Å²) < 4.78 is 6.17. The maximum absolute atomic E-state index is 13.6. The molecule has 1 amide bonds. The van der Waals surface area contributed by atoms with Crippen LogP contribution >= 0.6 is 0 Å². The van der Waals surface area contributed by atoms with E-state index in [0.717, 1.165) is 23.4 Å². The lowest BCUT2D eigenvalue weighted by molar-refractivity contribution is -0.777. The number of ether oxygens (including phenoxy) is 1. The molecule has 0 saturated carbocycles. The van der Waals surface area contributed by atoms with E-state index in [9.17, 15) is 4.79 Å². The van der Waals surface area contributed by atoms with E-state index in [1.165, 1.54) is 22.3 Å². The number of hydrogen-bond donors (Lipinski definition) is 1. The summed E-state index contributed by atoms with van der Waals surface area (Å²) in [6.45, 7) is 0.894. The molecule has 152 valence electrons. The van der Waals surface area contributed by atoms with Crippen molar-refractivity contribution in [1.82, 2.24) is 0 Å².